The molecular weight excluding hydrogens is 104 g/mol. The molecule has 0 unspecified atom stereocenters. The maximum atomic E-state index is 10.5. The molecule has 1 heterocycles. The van der Waals surface area contributed by atoms with Gasteiger partial charge in [0, 0.05) is 12.6 Å². The van der Waals surface area contributed by atoms with Crippen LogP contribution in [0, 0.1) is 0 Å². The Morgan fingerprint density at radius 3 is 3.38 bits per heavy atom. The third-order valence-corrected chi connectivity index (χ3v) is 0.934. The Bertz CT molecular complexity index is 120. The minimum absolute atomic E-state index is 0.214. The summed E-state index contributed by atoms with van der Waals surface area (Å²) in [5.41, 5.74) is 5.44. The highest BCUT2D eigenvalue weighted by atomic mass is 16.1. The van der Waals surface area contributed by atoms with E-state index in [9.17, 15) is 4.79 Å². The average Bonchev–Trinajstić information content (AvgIpc) is 1.94. The first kappa shape index (κ1) is 5.31. The van der Waals surface area contributed by atoms with Gasteiger partial charge in [-0.15, -0.1) is 0 Å². The Labute approximate surface area is 47.7 Å². The highest BCUT2D eigenvalue weighted by molar-refractivity contribution is 5.81. The van der Waals surface area contributed by atoms with Crippen LogP contribution in [0.3, 0.4) is 0 Å². The molecule has 0 atom stereocenters. The normalized spacial score (nSPS) is 19.8. The molecule has 0 aromatic rings. The minimum Gasteiger partial charge on any atom is -0.329 e. The molecule has 0 aromatic heterocycles. The van der Waals surface area contributed by atoms with Crippen molar-refractivity contribution in [2.45, 2.75) is 6.42 Å². The molecule has 0 radical (unpaired) electrons. The van der Waals surface area contributed by atoms with Crippen molar-refractivity contribution in [3.8, 4) is 0 Å². The van der Waals surface area contributed by atoms with Gasteiger partial charge in [0.2, 0.25) is 0 Å². The number of ketones is 1. The van der Waals surface area contributed by atoms with Crippen LogP contribution in [0.25, 0.3) is 0 Å². The van der Waals surface area contributed by atoms with Crippen molar-refractivity contribution in [3.05, 3.63) is 12.3 Å². The monoisotopic (exact) mass is 112 g/mol. The van der Waals surface area contributed by atoms with Gasteiger partial charge in [-0.25, -0.2) is 5.43 Å². The first-order valence-electron chi connectivity index (χ1n) is 2.55. The zero-order chi connectivity index (χ0) is 5.82. The zero-order valence-corrected chi connectivity index (χ0v) is 4.48. The number of carbonyl (C=O) groups excluding carboxylic acids is 1. The number of carbonyl (C=O) groups is 1. The van der Waals surface area contributed by atoms with E-state index in [-0.39, 0.29) is 5.78 Å². The van der Waals surface area contributed by atoms with Gasteiger partial charge >= 0.3 is 0 Å². The molecular formula is C5H8N2O. The fraction of sp³-hybridized carbons (Fsp3) is 0.400. The van der Waals surface area contributed by atoms with Crippen LogP contribution in [0.1, 0.15) is 6.42 Å². The van der Waals surface area contributed by atoms with E-state index in [0.717, 1.165) is 0 Å². The van der Waals surface area contributed by atoms with E-state index in [2.05, 4.69) is 10.9 Å². The van der Waals surface area contributed by atoms with Crippen LogP contribution in [0.4, 0.5) is 0 Å². The van der Waals surface area contributed by atoms with Crippen molar-refractivity contribution < 1.29 is 4.79 Å². The summed E-state index contributed by atoms with van der Waals surface area (Å²) >= 11 is 0. The molecule has 1 aliphatic rings. The van der Waals surface area contributed by atoms with Gasteiger partial charge in [-0.05, 0) is 0 Å². The Hall–Kier alpha value is -0.830. The molecule has 0 bridgehead atoms. The summed E-state index contributed by atoms with van der Waals surface area (Å²) in [6.45, 7) is 0.424. The molecule has 1 rings (SSSR count). The lowest BCUT2D eigenvalue weighted by atomic mass is 10.3. The molecule has 0 saturated heterocycles. The van der Waals surface area contributed by atoms with Crippen LogP contribution in [-0.2, 0) is 4.79 Å². The van der Waals surface area contributed by atoms with Gasteiger partial charge in [-0.1, -0.05) is 6.08 Å². The van der Waals surface area contributed by atoms with Gasteiger partial charge in [0.25, 0.3) is 0 Å². The van der Waals surface area contributed by atoms with E-state index in [1.54, 1.807) is 12.3 Å². The van der Waals surface area contributed by atoms with E-state index in [1.165, 1.54) is 0 Å². The number of allylic oxidation sites excluding steroid dienone is 1. The van der Waals surface area contributed by atoms with E-state index < -0.39 is 0 Å². The van der Waals surface area contributed by atoms with Gasteiger partial charge in [-0.2, -0.15) is 0 Å². The fourth-order valence-electron chi connectivity index (χ4n) is 0.530. The summed E-state index contributed by atoms with van der Waals surface area (Å²) in [6.07, 6.45) is 4.06. The Morgan fingerprint density at radius 1 is 1.62 bits per heavy atom. The summed E-state index contributed by atoms with van der Waals surface area (Å²) in [4.78, 5) is 10.5. The highest BCUT2D eigenvalue weighted by Gasteiger charge is 1.98. The topological polar surface area (TPSA) is 41.1 Å². The second-order valence-corrected chi connectivity index (χ2v) is 1.64. The van der Waals surface area contributed by atoms with E-state index in [1.807, 2.05) is 0 Å². The van der Waals surface area contributed by atoms with E-state index in [4.69, 9.17) is 0 Å². The molecule has 44 valence electrons. The maximum Gasteiger partial charge on any atom is 0.152 e. The average molecular weight is 112 g/mol. The molecule has 0 fully saturated rings. The standard InChI is InChI=1S/C5H8N2O/c8-5-2-1-3-6-7-4-5/h1,3,6-7H,2,4H2. The van der Waals surface area contributed by atoms with Crippen molar-refractivity contribution in [1.29, 1.82) is 0 Å². The summed E-state index contributed by atoms with van der Waals surface area (Å²) in [5.74, 6) is 0.214. The summed E-state index contributed by atoms with van der Waals surface area (Å²) in [7, 11) is 0. The van der Waals surface area contributed by atoms with Crippen LogP contribution >= 0.6 is 0 Å². The third kappa shape index (κ3) is 1.35. The molecule has 0 saturated carbocycles. The van der Waals surface area contributed by atoms with Gasteiger partial charge in [-0.3, -0.25) is 4.79 Å². The first-order chi connectivity index (χ1) is 3.89. The van der Waals surface area contributed by atoms with Crippen LogP contribution in [0.2, 0.25) is 0 Å². The van der Waals surface area contributed by atoms with Crippen molar-refractivity contribution in [1.82, 2.24) is 10.9 Å². The lowest BCUT2D eigenvalue weighted by Gasteiger charge is -1.94. The second-order valence-electron chi connectivity index (χ2n) is 1.64. The second kappa shape index (κ2) is 2.47. The molecule has 8 heavy (non-hydrogen) atoms. The largest absolute Gasteiger partial charge is 0.329 e. The number of nitrogens with one attached hydrogen (secondary N) is 2. The lowest BCUT2D eigenvalue weighted by molar-refractivity contribution is -0.117. The van der Waals surface area contributed by atoms with Crippen LogP contribution < -0.4 is 10.9 Å². The predicted molar refractivity (Wildman–Crippen MR) is 29.9 cm³/mol. The fourth-order valence-corrected chi connectivity index (χ4v) is 0.530. The van der Waals surface area contributed by atoms with Crippen molar-refractivity contribution in [2.75, 3.05) is 6.54 Å². The quantitative estimate of drug-likeness (QED) is 0.446. The van der Waals surface area contributed by atoms with Gasteiger partial charge in [0.15, 0.2) is 5.78 Å². The predicted octanol–water partition coefficient (Wildman–Crippen LogP) is -0.433. The van der Waals surface area contributed by atoms with Gasteiger partial charge in [0.1, 0.15) is 0 Å². The first-order valence-corrected chi connectivity index (χ1v) is 2.55. The summed E-state index contributed by atoms with van der Waals surface area (Å²) < 4.78 is 0. The van der Waals surface area contributed by atoms with Crippen molar-refractivity contribution in [3.63, 3.8) is 0 Å². The number of hydrogen-bond donors (Lipinski definition) is 2. The minimum atomic E-state index is 0.214. The Balaban J connectivity index is 2.41. The molecule has 0 spiro atoms. The molecule has 0 aliphatic carbocycles. The maximum absolute atomic E-state index is 10.5. The molecule has 0 aromatic carbocycles. The summed E-state index contributed by atoms with van der Waals surface area (Å²) in [6, 6.07) is 0. The Kier molecular flexibility index (Phi) is 1.64. The zero-order valence-electron chi connectivity index (χ0n) is 4.48. The smallest absolute Gasteiger partial charge is 0.152 e. The molecule has 3 heteroatoms. The number of rotatable bonds is 0. The lowest BCUT2D eigenvalue weighted by Crippen LogP contribution is -2.29. The van der Waals surface area contributed by atoms with E-state index in [0.29, 0.717) is 13.0 Å². The van der Waals surface area contributed by atoms with Crippen molar-refractivity contribution in [2.24, 2.45) is 0 Å². The molecule has 1 aliphatic heterocycles. The number of hydrogen-bond acceptors (Lipinski definition) is 3. The third-order valence-electron chi connectivity index (χ3n) is 0.934. The molecule has 0 amide bonds. The van der Waals surface area contributed by atoms with Crippen molar-refractivity contribution >= 4 is 5.78 Å². The highest BCUT2D eigenvalue weighted by Crippen LogP contribution is 1.84. The van der Waals surface area contributed by atoms with Crippen LogP contribution in [0.5, 0.6) is 0 Å². The van der Waals surface area contributed by atoms with Crippen LogP contribution in [0.15, 0.2) is 12.3 Å². The Morgan fingerprint density at radius 2 is 2.50 bits per heavy atom. The molecule has 3 nitrogen and oxygen atoms in total. The number of Topliss-reactive ketones (excluding diaryl/α,β-unsaturated/α-hetero) is 1. The number of hydrazine groups is 1. The van der Waals surface area contributed by atoms with E-state index >= 15 is 0 Å². The molecule has 2 N–H and O–H groups in total. The van der Waals surface area contributed by atoms with Gasteiger partial charge in [0.05, 0.1) is 6.54 Å². The van der Waals surface area contributed by atoms with Crippen LogP contribution in [-0.4, -0.2) is 12.3 Å². The van der Waals surface area contributed by atoms with Gasteiger partial charge < -0.3 is 5.43 Å². The summed E-state index contributed by atoms with van der Waals surface area (Å²) in [5, 5.41) is 0. The SMILES string of the molecule is O=C1CC=CNNC1.